The van der Waals surface area contributed by atoms with Crippen LogP contribution in [0, 0.1) is 13.8 Å². The first-order valence-corrected chi connectivity index (χ1v) is 6.96. The quantitative estimate of drug-likeness (QED) is 0.679. The van der Waals surface area contributed by atoms with Crippen LogP contribution in [0.25, 0.3) is 16.6 Å². The molecule has 0 unspecified atom stereocenters. The third kappa shape index (κ3) is 2.50. The molecule has 0 atom stereocenters. The standard InChI is InChI=1S/C17H13F3N2O/c1-10-6-5-7-11(2)14(10)22-15(23)12-8-3-4-9-13(12)21-16(22)17(18,19)20/h3-9H,1-2H3. The van der Waals surface area contributed by atoms with Crippen molar-refractivity contribution in [1.29, 1.82) is 0 Å². The van der Waals surface area contributed by atoms with E-state index in [4.69, 9.17) is 0 Å². The summed E-state index contributed by atoms with van der Waals surface area (Å²) in [4.78, 5) is 16.4. The van der Waals surface area contributed by atoms with E-state index in [0.29, 0.717) is 15.7 Å². The second-order valence-electron chi connectivity index (χ2n) is 5.33. The third-order valence-electron chi connectivity index (χ3n) is 3.69. The number of aryl methyl sites for hydroxylation is 2. The lowest BCUT2D eigenvalue weighted by Crippen LogP contribution is -2.29. The number of hydrogen-bond acceptors (Lipinski definition) is 2. The van der Waals surface area contributed by atoms with Gasteiger partial charge in [0.2, 0.25) is 5.82 Å². The highest BCUT2D eigenvalue weighted by Crippen LogP contribution is 2.31. The SMILES string of the molecule is Cc1cccc(C)c1-n1c(C(F)(F)F)nc2ccccc2c1=O. The number of benzene rings is 2. The molecule has 1 aromatic heterocycles. The molecule has 3 aromatic rings. The van der Waals surface area contributed by atoms with Gasteiger partial charge in [0.05, 0.1) is 16.6 Å². The highest BCUT2D eigenvalue weighted by Gasteiger charge is 2.38. The first-order valence-electron chi connectivity index (χ1n) is 6.96. The van der Waals surface area contributed by atoms with Crippen LogP contribution >= 0.6 is 0 Å². The predicted molar refractivity (Wildman–Crippen MR) is 81.8 cm³/mol. The molecule has 0 radical (unpaired) electrons. The topological polar surface area (TPSA) is 34.9 Å². The van der Waals surface area contributed by atoms with Crippen molar-refractivity contribution >= 4 is 10.9 Å². The van der Waals surface area contributed by atoms with Gasteiger partial charge in [-0.1, -0.05) is 30.3 Å². The molecule has 0 saturated carbocycles. The smallest absolute Gasteiger partial charge is 0.268 e. The summed E-state index contributed by atoms with van der Waals surface area (Å²) in [6.07, 6.45) is -4.74. The number of hydrogen-bond donors (Lipinski definition) is 0. The molecule has 0 N–H and O–H groups in total. The van der Waals surface area contributed by atoms with Gasteiger partial charge >= 0.3 is 6.18 Å². The Kier molecular flexibility index (Phi) is 3.47. The Bertz CT molecular complexity index is 938. The molecule has 0 amide bonds. The van der Waals surface area contributed by atoms with Crippen LogP contribution in [0.4, 0.5) is 13.2 Å². The molecule has 0 spiro atoms. The molecular formula is C17H13F3N2O. The minimum atomic E-state index is -4.74. The molecular weight excluding hydrogens is 305 g/mol. The summed E-state index contributed by atoms with van der Waals surface area (Å²) in [7, 11) is 0. The molecule has 0 aliphatic carbocycles. The Balaban J connectivity index is 2.53. The summed E-state index contributed by atoms with van der Waals surface area (Å²) in [5.74, 6) is -1.21. The molecule has 0 bridgehead atoms. The van der Waals surface area contributed by atoms with Gasteiger partial charge in [0.25, 0.3) is 5.56 Å². The van der Waals surface area contributed by atoms with E-state index in [1.165, 1.54) is 12.1 Å². The third-order valence-corrected chi connectivity index (χ3v) is 3.69. The number of nitrogens with zero attached hydrogens (tertiary/aromatic N) is 2. The molecule has 0 aliphatic heterocycles. The van der Waals surface area contributed by atoms with Crippen molar-refractivity contribution in [1.82, 2.24) is 9.55 Å². The monoisotopic (exact) mass is 318 g/mol. The second kappa shape index (κ2) is 5.22. The van der Waals surface area contributed by atoms with Gasteiger partial charge in [0.15, 0.2) is 0 Å². The Morgan fingerprint density at radius 3 is 2.17 bits per heavy atom. The van der Waals surface area contributed by atoms with Crippen molar-refractivity contribution < 1.29 is 13.2 Å². The van der Waals surface area contributed by atoms with Crippen molar-refractivity contribution in [3.63, 3.8) is 0 Å². The van der Waals surface area contributed by atoms with Gasteiger partial charge in [-0.3, -0.25) is 9.36 Å². The minimum Gasteiger partial charge on any atom is -0.268 e. The van der Waals surface area contributed by atoms with E-state index in [2.05, 4.69) is 4.98 Å². The second-order valence-corrected chi connectivity index (χ2v) is 5.33. The van der Waals surface area contributed by atoms with Gasteiger partial charge < -0.3 is 0 Å². The molecule has 0 saturated heterocycles. The molecule has 118 valence electrons. The van der Waals surface area contributed by atoms with Crippen LogP contribution in [-0.2, 0) is 6.18 Å². The van der Waals surface area contributed by atoms with E-state index in [0.717, 1.165) is 0 Å². The van der Waals surface area contributed by atoms with E-state index < -0.39 is 17.6 Å². The largest absolute Gasteiger partial charge is 0.450 e. The lowest BCUT2D eigenvalue weighted by Gasteiger charge is -2.18. The van der Waals surface area contributed by atoms with E-state index in [9.17, 15) is 18.0 Å². The Morgan fingerprint density at radius 2 is 1.57 bits per heavy atom. The van der Waals surface area contributed by atoms with Crippen molar-refractivity contribution in [2.24, 2.45) is 0 Å². The van der Waals surface area contributed by atoms with Crippen molar-refractivity contribution in [2.75, 3.05) is 0 Å². The number of fused-ring (bicyclic) bond motifs is 1. The predicted octanol–water partition coefficient (Wildman–Crippen LogP) is 4.02. The molecule has 23 heavy (non-hydrogen) atoms. The van der Waals surface area contributed by atoms with Gasteiger partial charge in [-0.15, -0.1) is 0 Å². The van der Waals surface area contributed by atoms with Crippen molar-refractivity contribution in [2.45, 2.75) is 20.0 Å². The fourth-order valence-electron chi connectivity index (χ4n) is 2.69. The number of para-hydroxylation sites is 2. The van der Waals surface area contributed by atoms with E-state index >= 15 is 0 Å². The number of rotatable bonds is 1. The van der Waals surface area contributed by atoms with Crippen molar-refractivity contribution in [3.05, 3.63) is 69.8 Å². The maximum Gasteiger partial charge on any atom is 0.450 e. The van der Waals surface area contributed by atoms with Crippen LogP contribution in [0.2, 0.25) is 0 Å². The minimum absolute atomic E-state index is 0.0345. The fourth-order valence-corrected chi connectivity index (χ4v) is 2.69. The van der Waals surface area contributed by atoms with Gasteiger partial charge in [0, 0.05) is 0 Å². The summed E-state index contributed by atoms with van der Waals surface area (Å²) >= 11 is 0. The lowest BCUT2D eigenvalue weighted by atomic mass is 10.1. The van der Waals surface area contributed by atoms with Crippen LogP contribution in [0.3, 0.4) is 0 Å². The Morgan fingerprint density at radius 1 is 0.957 bits per heavy atom. The zero-order valence-electron chi connectivity index (χ0n) is 12.5. The Hall–Kier alpha value is -2.63. The van der Waals surface area contributed by atoms with Crippen LogP contribution in [0.1, 0.15) is 17.0 Å². The van der Waals surface area contributed by atoms with Crippen LogP contribution < -0.4 is 5.56 Å². The molecule has 1 heterocycles. The fraction of sp³-hybridized carbons (Fsp3) is 0.176. The number of halogens is 3. The zero-order chi connectivity index (χ0) is 16.8. The molecule has 0 fully saturated rings. The number of aromatic nitrogens is 2. The summed E-state index contributed by atoms with van der Waals surface area (Å²) in [5.41, 5.74) is 0.695. The highest BCUT2D eigenvalue weighted by atomic mass is 19.4. The van der Waals surface area contributed by atoms with E-state index in [1.807, 2.05) is 0 Å². The van der Waals surface area contributed by atoms with Gasteiger partial charge in [-0.25, -0.2) is 4.98 Å². The zero-order valence-corrected chi connectivity index (χ0v) is 12.5. The molecule has 3 nitrogen and oxygen atoms in total. The highest BCUT2D eigenvalue weighted by molar-refractivity contribution is 5.78. The van der Waals surface area contributed by atoms with Gasteiger partial charge in [0.1, 0.15) is 0 Å². The molecule has 6 heteroatoms. The van der Waals surface area contributed by atoms with Crippen LogP contribution in [-0.4, -0.2) is 9.55 Å². The maximum absolute atomic E-state index is 13.5. The maximum atomic E-state index is 13.5. The molecule has 0 aliphatic rings. The van der Waals surface area contributed by atoms with Crippen molar-refractivity contribution in [3.8, 4) is 5.69 Å². The normalized spacial score (nSPS) is 11.9. The van der Waals surface area contributed by atoms with Crippen LogP contribution in [0.5, 0.6) is 0 Å². The van der Waals surface area contributed by atoms with Crippen LogP contribution in [0.15, 0.2) is 47.3 Å². The first kappa shape index (κ1) is 15.3. The summed E-state index contributed by atoms with van der Waals surface area (Å²) in [6, 6.07) is 11.1. The average molecular weight is 318 g/mol. The summed E-state index contributed by atoms with van der Waals surface area (Å²) < 4.78 is 41.1. The summed E-state index contributed by atoms with van der Waals surface area (Å²) in [5, 5.41) is 0.156. The number of alkyl halides is 3. The molecule has 2 aromatic carbocycles. The Labute approximate surface area is 130 Å². The molecule has 3 rings (SSSR count). The van der Waals surface area contributed by atoms with E-state index in [1.54, 1.807) is 44.2 Å². The average Bonchev–Trinajstić information content (AvgIpc) is 2.48. The van der Waals surface area contributed by atoms with Gasteiger partial charge in [-0.2, -0.15) is 13.2 Å². The summed E-state index contributed by atoms with van der Waals surface area (Å²) in [6.45, 7) is 3.34. The van der Waals surface area contributed by atoms with E-state index in [-0.39, 0.29) is 16.6 Å². The lowest BCUT2D eigenvalue weighted by molar-refractivity contribution is -0.146. The first-order chi connectivity index (χ1) is 10.8. The van der Waals surface area contributed by atoms with Gasteiger partial charge in [-0.05, 0) is 37.1 Å².